The van der Waals surface area contributed by atoms with Crippen LogP contribution in [-0.4, -0.2) is 40.2 Å². The van der Waals surface area contributed by atoms with Crippen molar-refractivity contribution in [1.82, 2.24) is 14.6 Å². The number of aromatic nitrogens is 3. The molecular formula is C30H30BrF3N4O4S. The number of rotatable bonds is 6. The van der Waals surface area contributed by atoms with Gasteiger partial charge in [0.1, 0.15) is 10.8 Å². The molecule has 0 saturated carbocycles. The average Bonchev–Trinajstić information content (AvgIpc) is 3.48. The third-order valence-electron chi connectivity index (χ3n) is 7.62. The number of nitrogens with one attached hydrogen (secondary N) is 1. The predicted octanol–water partition coefficient (Wildman–Crippen LogP) is 7.83. The maximum Gasteiger partial charge on any atom is 0.433 e. The summed E-state index contributed by atoms with van der Waals surface area (Å²) in [6, 6.07) is 7.30. The fourth-order valence-corrected chi connectivity index (χ4v) is 7.07. The fourth-order valence-electron chi connectivity index (χ4n) is 5.24. The Labute approximate surface area is 258 Å². The molecule has 0 unspecified atom stereocenters. The first kappa shape index (κ1) is 31.0. The van der Waals surface area contributed by atoms with Crippen LogP contribution >= 0.6 is 27.3 Å². The summed E-state index contributed by atoms with van der Waals surface area (Å²) >= 11 is 4.57. The predicted molar refractivity (Wildman–Crippen MR) is 161 cm³/mol. The van der Waals surface area contributed by atoms with Crippen molar-refractivity contribution in [3.63, 3.8) is 0 Å². The summed E-state index contributed by atoms with van der Waals surface area (Å²) in [4.78, 5) is 32.0. The van der Waals surface area contributed by atoms with Crippen molar-refractivity contribution in [2.24, 2.45) is 11.3 Å². The molecule has 0 radical (unpaired) electrons. The van der Waals surface area contributed by atoms with Crippen LogP contribution in [0.1, 0.15) is 71.1 Å². The van der Waals surface area contributed by atoms with Gasteiger partial charge in [0.25, 0.3) is 5.91 Å². The van der Waals surface area contributed by atoms with Crippen LogP contribution in [0.15, 0.2) is 34.8 Å². The Morgan fingerprint density at radius 2 is 1.88 bits per heavy atom. The van der Waals surface area contributed by atoms with E-state index >= 15 is 0 Å². The second kappa shape index (κ2) is 11.6. The molecule has 1 N–H and O–H groups in total. The lowest BCUT2D eigenvalue weighted by atomic mass is 9.72. The van der Waals surface area contributed by atoms with Crippen molar-refractivity contribution in [2.45, 2.75) is 53.1 Å². The van der Waals surface area contributed by atoms with Gasteiger partial charge < -0.3 is 14.8 Å². The molecule has 1 aliphatic rings. The van der Waals surface area contributed by atoms with Crippen molar-refractivity contribution >= 4 is 49.8 Å². The highest BCUT2D eigenvalue weighted by molar-refractivity contribution is 9.10. The summed E-state index contributed by atoms with van der Waals surface area (Å²) in [5.74, 6) is -0.412. The largest absolute Gasteiger partial charge is 0.497 e. The molecule has 1 atom stereocenters. The van der Waals surface area contributed by atoms with Crippen LogP contribution in [0, 0.1) is 11.3 Å². The summed E-state index contributed by atoms with van der Waals surface area (Å²) in [7, 11) is 1.49. The van der Waals surface area contributed by atoms with Crippen molar-refractivity contribution in [3.05, 3.63) is 62.2 Å². The third kappa shape index (κ3) is 6.01. The number of halogens is 4. The molecule has 1 amide bonds. The summed E-state index contributed by atoms with van der Waals surface area (Å²) in [5.41, 5.74) is 0.0638. The van der Waals surface area contributed by atoms with Crippen LogP contribution in [0.3, 0.4) is 0 Å². The maximum absolute atomic E-state index is 14.2. The van der Waals surface area contributed by atoms with Gasteiger partial charge in [0, 0.05) is 10.4 Å². The van der Waals surface area contributed by atoms with Gasteiger partial charge in [-0.2, -0.15) is 18.3 Å². The third-order valence-corrected chi connectivity index (χ3v) is 9.52. The van der Waals surface area contributed by atoms with Gasteiger partial charge in [0.05, 0.1) is 29.4 Å². The number of esters is 1. The van der Waals surface area contributed by atoms with E-state index in [4.69, 9.17) is 9.47 Å². The lowest BCUT2D eigenvalue weighted by Gasteiger charge is -2.33. The number of methoxy groups -OCH3 is 1. The van der Waals surface area contributed by atoms with Crippen LogP contribution in [0.25, 0.3) is 16.9 Å². The Hall–Kier alpha value is -3.45. The molecule has 3 heterocycles. The van der Waals surface area contributed by atoms with E-state index < -0.39 is 23.7 Å². The number of hydrogen-bond acceptors (Lipinski definition) is 7. The van der Waals surface area contributed by atoms with Crippen LogP contribution in [0.4, 0.5) is 18.2 Å². The number of hydrogen-bond donors (Lipinski definition) is 1. The molecule has 13 heteroatoms. The fraction of sp³-hybridized carbons (Fsp3) is 0.400. The Kier molecular flexibility index (Phi) is 8.34. The number of nitrogens with zero attached hydrogens (tertiary/aromatic N) is 3. The zero-order valence-corrected chi connectivity index (χ0v) is 26.6. The SMILES string of the molecule is CCOC(=O)c1c(NC(=O)c2nn3c(C(F)(F)F)cc(-c4ccc(OC)cc4)nc3c2Br)sc2c1CC[C@@H](C(C)(C)C)C2. The number of amides is 1. The molecule has 8 nitrogen and oxygen atoms in total. The second-order valence-corrected chi connectivity index (χ2v) is 13.2. The van der Waals surface area contributed by atoms with Crippen LogP contribution in [0.5, 0.6) is 5.75 Å². The van der Waals surface area contributed by atoms with E-state index in [1.807, 2.05) is 0 Å². The molecule has 0 spiro atoms. The van der Waals surface area contributed by atoms with Gasteiger partial charge in [0.15, 0.2) is 17.0 Å². The first-order valence-electron chi connectivity index (χ1n) is 13.7. The molecule has 228 valence electrons. The first-order valence-corrected chi connectivity index (χ1v) is 15.3. The standard InChI is InChI=1S/C30H30BrF3N4O4S/c1-6-42-28(40)22-18-12-9-16(29(2,3)4)13-20(18)43-27(22)36-26(39)24-23(31)25-35-19(15-7-10-17(41-5)11-8-15)14-21(30(32,33)34)38(25)37-24/h7-8,10-11,14,16H,6,9,12-13H2,1-5H3,(H,36,39)/t16-/m1/s1. The number of alkyl halides is 3. The highest BCUT2D eigenvalue weighted by Crippen LogP contribution is 2.45. The number of carbonyl (C=O) groups excluding carboxylic acids is 2. The van der Waals surface area contributed by atoms with Gasteiger partial charge in [-0.1, -0.05) is 20.8 Å². The molecule has 0 bridgehead atoms. The van der Waals surface area contributed by atoms with E-state index in [2.05, 4.69) is 52.1 Å². The van der Waals surface area contributed by atoms with E-state index in [0.29, 0.717) is 33.7 Å². The maximum atomic E-state index is 14.2. The lowest BCUT2D eigenvalue weighted by molar-refractivity contribution is -0.142. The molecule has 0 saturated heterocycles. The molecule has 5 rings (SSSR count). The normalized spacial score (nSPS) is 15.3. The summed E-state index contributed by atoms with van der Waals surface area (Å²) in [5, 5.41) is 7.05. The van der Waals surface area contributed by atoms with Crippen LogP contribution in [0.2, 0.25) is 0 Å². The van der Waals surface area contributed by atoms with Crippen LogP contribution in [-0.2, 0) is 23.8 Å². The van der Waals surface area contributed by atoms with Gasteiger partial charge in [-0.15, -0.1) is 11.3 Å². The number of benzene rings is 1. The molecule has 1 aliphatic carbocycles. The van der Waals surface area contributed by atoms with Gasteiger partial charge in [0.2, 0.25) is 0 Å². The van der Waals surface area contributed by atoms with Crippen molar-refractivity contribution < 1.29 is 32.2 Å². The van der Waals surface area contributed by atoms with Gasteiger partial charge >= 0.3 is 12.1 Å². The zero-order chi connectivity index (χ0) is 31.3. The Bertz CT molecular complexity index is 1710. The lowest BCUT2D eigenvalue weighted by Crippen LogP contribution is -2.26. The van der Waals surface area contributed by atoms with E-state index in [1.165, 1.54) is 18.4 Å². The molecule has 0 aliphatic heterocycles. The van der Waals surface area contributed by atoms with Crippen molar-refractivity contribution in [2.75, 3.05) is 19.0 Å². The van der Waals surface area contributed by atoms with E-state index in [0.717, 1.165) is 29.3 Å². The number of anilines is 1. The molecule has 3 aromatic heterocycles. The van der Waals surface area contributed by atoms with Crippen molar-refractivity contribution in [1.29, 1.82) is 0 Å². The number of carbonyl (C=O) groups is 2. The molecule has 0 fully saturated rings. The van der Waals surface area contributed by atoms with E-state index in [9.17, 15) is 22.8 Å². The van der Waals surface area contributed by atoms with Crippen molar-refractivity contribution in [3.8, 4) is 17.0 Å². The highest BCUT2D eigenvalue weighted by atomic mass is 79.9. The van der Waals surface area contributed by atoms with E-state index in [-0.39, 0.29) is 38.5 Å². The summed E-state index contributed by atoms with van der Waals surface area (Å²) in [6.07, 6.45) is -2.51. The summed E-state index contributed by atoms with van der Waals surface area (Å²) < 4.78 is 53.7. The van der Waals surface area contributed by atoms with Crippen LogP contribution < -0.4 is 10.1 Å². The first-order chi connectivity index (χ1) is 20.2. The summed E-state index contributed by atoms with van der Waals surface area (Å²) in [6.45, 7) is 8.38. The Balaban J connectivity index is 1.56. The number of thiophene rings is 1. The van der Waals surface area contributed by atoms with Gasteiger partial charge in [-0.25, -0.2) is 14.3 Å². The minimum atomic E-state index is -4.80. The molecular weight excluding hydrogens is 649 g/mol. The Morgan fingerprint density at radius 1 is 1.19 bits per heavy atom. The Morgan fingerprint density at radius 3 is 2.49 bits per heavy atom. The molecule has 43 heavy (non-hydrogen) atoms. The molecule has 4 aromatic rings. The average molecular weight is 680 g/mol. The quantitative estimate of drug-likeness (QED) is 0.209. The minimum Gasteiger partial charge on any atom is -0.497 e. The molecule has 1 aromatic carbocycles. The zero-order valence-electron chi connectivity index (χ0n) is 24.2. The topological polar surface area (TPSA) is 94.8 Å². The second-order valence-electron chi connectivity index (χ2n) is 11.3. The minimum absolute atomic E-state index is 0.0161. The monoisotopic (exact) mass is 678 g/mol. The van der Waals surface area contributed by atoms with Gasteiger partial charge in [-0.3, -0.25) is 4.79 Å². The highest BCUT2D eigenvalue weighted by Gasteiger charge is 2.38. The van der Waals surface area contributed by atoms with Gasteiger partial charge in [-0.05, 0) is 89.3 Å². The smallest absolute Gasteiger partial charge is 0.433 e. The number of ether oxygens (including phenoxy) is 2. The number of fused-ring (bicyclic) bond motifs is 2. The van der Waals surface area contributed by atoms with E-state index in [1.54, 1.807) is 31.2 Å².